The highest BCUT2D eigenvalue weighted by Crippen LogP contribution is 2.51. The number of fused-ring (bicyclic) bond motifs is 3. The number of aromatic nitrogens is 2. The number of hydrogen-bond donors (Lipinski definition) is 1. The SMILES string of the molecule is O=S(=O)(c1ccc(Oc2ccc3[nH]ncc3c2)c2c1C1(CC2)OCCO1)C(F)(F)F. The number of halogens is 3. The van der Waals surface area contributed by atoms with Gasteiger partial charge >= 0.3 is 5.51 Å². The van der Waals surface area contributed by atoms with Crippen LogP contribution in [0.3, 0.4) is 0 Å². The van der Waals surface area contributed by atoms with Gasteiger partial charge in [0.2, 0.25) is 0 Å². The number of nitrogens with zero attached hydrogens (tertiary/aromatic N) is 1. The number of alkyl halides is 3. The van der Waals surface area contributed by atoms with Crippen LogP contribution in [-0.2, 0) is 31.5 Å². The molecule has 1 fully saturated rings. The Morgan fingerprint density at radius 2 is 1.90 bits per heavy atom. The molecule has 0 bridgehead atoms. The summed E-state index contributed by atoms with van der Waals surface area (Å²) in [4.78, 5) is -0.859. The van der Waals surface area contributed by atoms with E-state index in [9.17, 15) is 21.6 Å². The fourth-order valence-corrected chi connectivity index (χ4v) is 5.03. The molecule has 1 aliphatic heterocycles. The fraction of sp³-hybridized carbons (Fsp3) is 0.316. The molecule has 1 N–H and O–H groups in total. The van der Waals surface area contributed by atoms with E-state index in [0.29, 0.717) is 11.3 Å². The Morgan fingerprint density at radius 1 is 1.13 bits per heavy atom. The minimum Gasteiger partial charge on any atom is -0.457 e. The van der Waals surface area contributed by atoms with E-state index in [1.54, 1.807) is 24.4 Å². The standard InChI is InChI=1S/C19H15F3N2O5S/c20-19(21,22)30(25,26)16-4-3-15(13-5-6-18(17(13)16)27-7-8-28-18)29-12-1-2-14-11(9-12)10-23-24-14/h1-4,9-10H,5-8H2,(H,23,24). The predicted octanol–water partition coefficient (Wildman–Crippen LogP) is 3.79. The summed E-state index contributed by atoms with van der Waals surface area (Å²) >= 11 is 0. The zero-order valence-corrected chi connectivity index (χ0v) is 16.1. The van der Waals surface area contributed by atoms with Gasteiger partial charge in [-0.3, -0.25) is 5.10 Å². The van der Waals surface area contributed by atoms with Gasteiger partial charge in [-0.25, -0.2) is 8.42 Å². The van der Waals surface area contributed by atoms with Crippen LogP contribution >= 0.6 is 0 Å². The van der Waals surface area contributed by atoms with E-state index in [-0.39, 0.29) is 37.4 Å². The van der Waals surface area contributed by atoms with Crippen molar-refractivity contribution in [1.29, 1.82) is 0 Å². The molecule has 1 spiro atoms. The zero-order valence-electron chi connectivity index (χ0n) is 15.3. The monoisotopic (exact) mass is 440 g/mol. The first-order chi connectivity index (χ1) is 14.2. The topological polar surface area (TPSA) is 90.5 Å². The van der Waals surface area contributed by atoms with Crippen LogP contribution in [0.1, 0.15) is 17.5 Å². The summed E-state index contributed by atoms with van der Waals surface area (Å²) in [5.74, 6) is -0.826. The molecular weight excluding hydrogens is 425 g/mol. The molecule has 2 aliphatic rings. The smallest absolute Gasteiger partial charge is 0.457 e. The van der Waals surface area contributed by atoms with E-state index in [4.69, 9.17) is 14.2 Å². The Bertz CT molecular complexity index is 1250. The molecule has 1 aliphatic carbocycles. The minimum atomic E-state index is -5.60. The summed E-state index contributed by atoms with van der Waals surface area (Å²) in [6.07, 6.45) is 2.06. The van der Waals surface area contributed by atoms with Crippen LogP contribution in [0.5, 0.6) is 11.5 Å². The van der Waals surface area contributed by atoms with Crippen LogP contribution in [0.4, 0.5) is 13.2 Å². The highest BCUT2D eigenvalue weighted by molar-refractivity contribution is 7.92. The number of rotatable bonds is 3. The minimum absolute atomic E-state index is 0.126. The second-order valence-corrected chi connectivity index (χ2v) is 8.95. The van der Waals surface area contributed by atoms with Crippen LogP contribution in [-0.4, -0.2) is 37.3 Å². The first-order valence-corrected chi connectivity index (χ1v) is 10.6. The quantitative estimate of drug-likeness (QED) is 0.667. The van der Waals surface area contributed by atoms with Gasteiger partial charge in [-0.1, -0.05) is 0 Å². The van der Waals surface area contributed by atoms with Crippen molar-refractivity contribution in [3.05, 3.63) is 47.7 Å². The molecule has 1 aromatic heterocycles. The molecule has 7 nitrogen and oxygen atoms in total. The van der Waals surface area contributed by atoms with E-state index >= 15 is 0 Å². The normalized spacial score (nSPS) is 18.2. The summed E-state index contributed by atoms with van der Waals surface area (Å²) in [6.45, 7) is 0.320. The molecule has 0 radical (unpaired) electrons. The number of ether oxygens (including phenoxy) is 3. The van der Waals surface area contributed by atoms with Gasteiger partial charge in [0.05, 0.1) is 29.8 Å². The lowest BCUT2D eigenvalue weighted by Crippen LogP contribution is -2.30. The molecule has 2 aromatic carbocycles. The summed E-state index contributed by atoms with van der Waals surface area (Å²) in [5, 5.41) is 7.53. The molecule has 158 valence electrons. The third-order valence-corrected chi connectivity index (χ3v) is 6.83. The van der Waals surface area contributed by atoms with Crippen molar-refractivity contribution < 1.29 is 35.8 Å². The number of nitrogens with one attached hydrogen (secondary N) is 1. The van der Waals surface area contributed by atoms with Crippen molar-refractivity contribution >= 4 is 20.7 Å². The Balaban J connectivity index is 1.65. The van der Waals surface area contributed by atoms with Gasteiger partial charge in [0.1, 0.15) is 11.5 Å². The van der Waals surface area contributed by atoms with Crippen LogP contribution < -0.4 is 4.74 Å². The van der Waals surface area contributed by atoms with E-state index in [1.165, 1.54) is 6.07 Å². The highest BCUT2D eigenvalue weighted by atomic mass is 32.2. The van der Waals surface area contributed by atoms with E-state index in [0.717, 1.165) is 17.0 Å². The molecule has 3 aromatic rings. The number of H-pyrrole nitrogens is 1. The second-order valence-electron chi connectivity index (χ2n) is 7.04. The van der Waals surface area contributed by atoms with E-state index in [1.807, 2.05) is 0 Å². The molecule has 2 heterocycles. The third kappa shape index (κ3) is 2.80. The van der Waals surface area contributed by atoms with Crippen molar-refractivity contribution in [3.63, 3.8) is 0 Å². The van der Waals surface area contributed by atoms with Gasteiger partial charge in [0, 0.05) is 22.9 Å². The van der Waals surface area contributed by atoms with Gasteiger partial charge in [0.25, 0.3) is 9.84 Å². The first-order valence-electron chi connectivity index (χ1n) is 9.08. The van der Waals surface area contributed by atoms with Crippen LogP contribution in [0.15, 0.2) is 41.4 Å². The number of aromatic amines is 1. The molecule has 0 saturated carbocycles. The lowest BCUT2D eigenvalue weighted by molar-refractivity contribution is -0.164. The second kappa shape index (κ2) is 6.43. The summed E-state index contributed by atoms with van der Waals surface area (Å²) < 4.78 is 81.6. The van der Waals surface area contributed by atoms with Gasteiger partial charge in [-0.15, -0.1) is 0 Å². The summed E-state index contributed by atoms with van der Waals surface area (Å²) in [5.41, 5.74) is -4.45. The Hall–Kier alpha value is -2.63. The lowest BCUT2D eigenvalue weighted by Gasteiger charge is -2.26. The Kier molecular flexibility index (Phi) is 4.15. The maximum atomic E-state index is 13.3. The van der Waals surface area contributed by atoms with E-state index in [2.05, 4.69) is 10.2 Å². The number of benzene rings is 2. The van der Waals surface area contributed by atoms with Crippen LogP contribution in [0, 0.1) is 0 Å². The maximum absolute atomic E-state index is 13.3. The average molecular weight is 440 g/mol. The highest BCUT2D eigenvalue weighted by Gasteiger charge is 2.54. The van der Waals surface area contributed by atoms with Crippen molar-refractivity contribution in [3.8, 4) is 11.5 Å². The van der Waals surface area contributed by atoms with Crippen molar-refractivity contribution in [2.45, 2.75) is 29.0 Å². The predicted molar refractivity (Wildman–Crippen MR) is 97.8 cm³/mol. The molecule has 30 heavy (non-hydrogen) atoms. The Morgan fingerprint density at radius 3 is 2.63 bits per heavy atom. The lowest BCUT2D eigenvalue weighted by atomic mass is 10.1. The van der Waals surface area contributed by atoms with Gasteiger partial charge in [0.15, 0.2) is 5.79 Å². The molecule has 1 saturated heterocycles. The molecular formula is C19H15F3N2O5S. The molecule has 0 atom stereocenters. The zero-order chi connectivity index (χ0) is 21.1. The Labute approximate surface area is 168 Å². The van der Waals surface area contributed by atoms with Gasteiger partial charge in [-0.05, 0) is 36.8 Å². The molecule has 0 amide bonds. The van der Waals surface area contributed by atoms with Crippen LogP contribution in [0.25, 0.3) is 10.9 Å². The average Bonchev–Trinajstić information content (AvgIpc) is 3.42. The van der Waals surface area contributed by atoms with Crippen molar-refractivity contribution in [1.82, 2.24) is 10.2 Å². The molecule has 0 unspecified atom stereocenters. The fourth-order valence-electron chi connectivity index (χ4n) is 3.99. The number of hydrogen-bond acceptors (Lipinski definition) is 6. The molecule has 11 heteroatoms. The third-order valence-electron chi connectivity index (χ3n) is 5.30. The van der Waals surface area contributed by atoms with Crippen LogP contribution in [0.2, 0.25) is 0 Å². The van der Waals surface area contributed by atoms with Crippen molar-refractivity contribution in [2.75, 3.05) is 13.2 Å². The number of sulfone groups is 1. The first kappa shape index (κ1) is 19.3. The largest absolute Gasteiger partial charge is 0.501 e. The maximum Gasteiger partial charge on any atom is 0.501 e. The summed E-state index contributed by atoms with van der Waals surface area (Å²) in [7, 11) is -5.60. The van der Waals surface area contributed by atoms with Gasteiger partial charge in [-0.2, -0.15) is 18.3 Å². The van der Waals surface area contributed by atoms with Crippen molar-refractivity contribution in [2.24, 2.45) is 0 Å². The van der Waals surface area contributed by atoms with E-state index < -0.39 is 26.0 Å². The molecule has 5 rings (SSSR count). The van der Waals surface area contributed by atoms with Gasteiger partial charge < -0.3 is 14.2 Å². The summed E-state index contributed by atoms with van der Waals surface area (Å²) in [6, 6.07) is 7.31.